The van der Waals surface area contributed by atoms with E-state index in [1.165, 1.54) is 5.56 Å². The van der Waals surface area contributed by atoms with Gasteiger partial charge in [0.1, 0.15) is 5.75 Å². The molecule has 1 aromatic carbocycles. The van der Waals surface area contributed by atoms with Crippen LogP contribution in [0, 0.1) is 0 Å². The summed E-state index contributed by atoms with van der Waals surface area (Å²) in [5.41, 5.74) is 1.18. The van der Waals surface area contributed by atoms with E-state index in [-0.39, 0.29) is 6.61 Å². The van der Waals surface area contributed by atoms with Crippen LogP contribution < -0.4 is 5.32 Å². The molecule has 14 heavy (non-hydrogen) atoms. The molecule has 3 N–H and O–H groups in total. The molecule has 1 aromatic rings. The summed E-state index contributed by atoms with van der Waals surface area (Å²) >= 11 is 0. The summed E-state index contributed by atoms with van der Waals surface area (Å²) < 4.78 is 0. The average Bonchev–Trinajstić information content (AvgIpc) is 2.18. The highest BCUT2D eigenvalue weighted by Gasteiger charge is 2.01. The van der Waals surface area contributed by atoms with E-state index in [4.69, 9.17) is 10.2 Å². The third kappa shape index (κ3) is 3.77. The molecule has 0 amide bonds. The normalized spacial score (nSPS) is 12.7. The topological polar surface area (TPSA) is 52.5 Å². The fourth-order valence-corrected chi connectivity index (χ4v) is 1.37. The Bertz CT molecular complexity index is 258. The molecule has 1 atom stereocenters. The maximum atomic E-state index is 9.08. The lowest BCUT2D eigenvalue weighted by atomic mass is 10.1. The first kappa shape index (κ1) is 11.0. The van der Waals surface area contributed by atoms with Crippen LogP contribution in [0.3, 0.4) is 0 Å². The third-order valence-corrected chi connectivity index (χ3v) is 2.08. The average molecular weight is 195 g/mol. The van der Waals surface area contributed by atoms with Gasteiger partial charge in [-0.2, -0.15) is 0 Å². The highest BCUT2D eigenvalue weighted by Crippen LogP contribution is 2.10. The first-order valence-corrected chi connectivity index (χ1v) is 4.84. The SMILES string of the molecule is C[C@@H](Cc1ccc(O)cc1)NCCO. The summed E-state index contributed by atoms with van der Waals surface area (Å²) in [6, 6.07) is 7.54. The van der Waals surface area contributed by atoms with E-state index in [2.05, 4.69) is 12.2 Å². The fourth-order valence-electron chi connectivity index (χ4n) is 1.37. The van der Waals surface area contributed by atoms with Crippen LogP contribution in [0.2, 0.25) is 0 Å². The number of phenols is 1. The van der Waals surface area contributed by atoms with E-state index in [0.29, 0.717) is 18.3 Å². The molecular weight excluding hydrogens is 178 g/mol. The second kappa shape index (κ2) is 5.62. The Morgan fingerprint density at radius 2 is 1.93 bits per heavy atom. The lowest BCUT2D eigenvalue weighted by molar-refractivity contribution is 0.285. The third-order valence-electron chi connectivity index (χ3n) is 2.08. The van der Waals surface area contributed by atoms with E-state index in [0.717, 1.165) is 6.42 Å². The smallest absolute Gasteiger partial charge is 0.115 e. The van der Waals surface area contributed by atoms with Crippen molar-refractivity contribution in [3.8, 4) is 5.75 Å². The highest BCUT2D eigenvalue weighted by atomic mass is 16.3. The van der Waals surface area contributed by atoms with Crippen molar-refractivity contribution < 1.29 is 10.2 Å². The lowest BCUT2D eigenvalue weighted by Crippen LogP contribution is -2.30. The van der Waals surface area contributed by atoms with Crippen molar-refractivity contribution in [2.45, 2.75) is 19.4 Å². The Kier molecular flexibility index (Phi) is 4.43. The van der Waals surface area contributed by atoms with Gasteiger partial charge in [0.05, 0.1) is 6.61 Å². The minimum Gasteiger partial charge on any atom is -0.508 e. The van der Waals surface area contributed by atoms with Crippen molar-refractivity contribution in [3.05, 3.63) is 29.8 Å². The molecule has 1 rings (SSSR count). The molecule has 0 radical (unpaired) electrons. The number of aliphatic hydroxyl groups is 1. The zero-order chi connectivity index (χ0) is 10.4. The van der Waals surface area contributed by atoms with E-state index < -0.39 is 0 Å². The van der Waals surface area contributed by atoms with Gasteiger partial charge in [0, 0.05) is 12.6 Å². The van der Waals surface area contributed by atoms with Crippen LogP contribution in [0.4, 0.5) is 0 Å². The number of hydrogen-bond donors (Lipinski definition) is 3. The van der Waals surface area contributed by atoms with Crippen LogP contribution in [-0.4, -0.2) is 29.4 Å². The number of phenolic OH excluding ortho intramolecular Hbond substituents is 1. The molecule has 3 heteroatoms. The van der Waals surface area contributed by atoms with Crippen molar-refractivity contribution in [1.82, 2.24) is 5.32 Å². The predicted molar refractivity (Wildman–Crippen MR) is 56.4 cm³/mol. The largest absolute Gasteiger partial charge is 0.508 e. The molecule has 0 aliphatic heterocycles. The van der Waals surface area contributed by atoms with Gasteiger partial charge in [0.15, 0.2) is 0 Å². The Hall–Kier alpha value is -1.06. The molecule has 0 saturated heterocycles. The molecule has 0 fully saturated rings. The Morgan fingerprint density at radius 1 is 1.29 bits per heavy atom. The first-order valence-electron chi connectivity index (χ1n) is 4.84. The molecule has 3 nitrogen and oxygen atoms in total. The Morgan fingerprint density at radius 3 is 2.50 bits per heavy atom. The standard InChI is InChI=1S/C11H17NO2/c1-9(12-6-7-13)8-10-2-4-11(14)5-3-10/h2-5,9,12-14H,6-8H2,1H3/t9-/m0/s1. The van der Waals surface area contributed by atoms with Gasteiger partial charge in [-0.25, -0.2) is 0 Å². The van der Waals surface area contributed by atoms with Gasteiger partial charge in [-0.05, 0) is 31.0 Å². The van der Waals surface area contributed by atoms with Crippen LogP contribution in [0.1, 0.15) is 12.5 Å². The van der Waals surface area contributed by atoms with E-state index in [9.17, 15) is 0 Å². The second-order valence-corrected chi connectivity index (χ2v) is 3.45. The van der Waals surface area contributed by atoms with Gasteiger partial charge < -0.3 is 15.5 Å². The molecule has 0 aliphatic rings. The van der Waals surface area contributed by atoms with E-state index >= 15 is 0 Å². The quantitative estimate of drug-likeness (QED) is 0.654. The number of benzene rings is 1. The Labute approximate surface area is 84.4 Å². The van der Waals surface area contributed by atoms with Gasteiger partial charge in [0.2, 0.25) is 0 Å². The van der Waals surface area contributed by atoms with Gasteiger partial charge in [-0.3, -0.25) is 0 Å². The maximum Gasteiger partial charge on any atom is 0.115 e. The van der Waals surface area contributed by atoms with Crippen molar-refractivity contribution in [2.24, 2.45) is 0 Å². The Balaban J connectivity index is 2.39. The molecule has 0 heterocycles. The number of rotatable bonds is 5. The van der Waals surface area contributed by atoms with Crippen molar-refractivity contribution >= 4 is 0 Å². The van der Waals surface area contributed by atoms with Crippen LogP contribution in [0.5, 0.6) is 5.75 Å². The van der Waals surface area contributed by atoms with Gasteiger partial charge in [-0.15, -0.1) is 0 Å². The summed E-state index contributed by atoms with van der Waals surface area (Å²) in [5.74, 6) is 0.296. The van der Waals surface area contributed by atoms with Crippen LogP contribution in [-0.2, 0) is 6.42 Å². The second-order valence-electron chi connectivity index (χ2n) is 3.45. The van der Waals surface area contributed by atoms with Gasteiger partial charge >= 0.3 is 0 Å². The monoisotopic (exact) mass is 195 g/mol. The highest BCUT2D eigenvalue weighted by molar-refractivity contribution is 5.26. The predicted octanol–water partition coefficient (Wildman–Crippen LogP) is 0.905. The van der Waals surface area contributed by atoms with Crippen LogP contribution in [0.25, 0.3) is 0 Å². The maximum absolute atomic E-state index is 9.08. The number of hydrogen-bond acceptors (Lipinski definition) is 3. The molecule has 0 aromatic heterocycles. The summed E-state index contributed by atoms with van der Waals surface area (Å²) in [5, 5.41) is 20.9. The van der Waals surface area contributed by atoms with E-state index in [1.807, 2.05) is 12.1 Å². The zero-order valence-electron chi connectivity index (χ0n) is 8.40. The van der Waals surface area contributed by atoms with Gasteiger partial charge in [-0.1, -0.05) is 12.1 Å². The molecule has 0 saturated carbocycles. The minimum absolute atomic E-state index is 0.167. The van der Waals surface area contributed by atoms with E-state index in [1.54, 1.807) is 12.1 Å². The number of aliphatic hydroxyl groups excluding tert-OH is 1. The summed E-state index contributed by atoms with van der Waals surface area (Å²) in [6.07, 6.45) is 0.903. The van der Waals surface area contributed by atoms with Gasteiger partial charge in [0.25, 0.3) is 0 Å². The van der Waals surface area contributed by atoms with Crippen molar-refractivity contribution in [1.29, 1.82) is 0 Å². The minimum atomic E-state index is 0.167. The first-order chi connectivity index (χ1) is 6.72. The zero-order valence-corrected chi connectivity index (χ0v) is 8.40. The number of nitrogens with one attached hydrogen (secondary N) is 1. The molecule has 0 spiro atoms. The molecule has 0 aliphatic carbocycles. The van der Waals surface area contributed by atoms with Crippen molar-refractivity contribution in [2.75, 3.05) is 13.2 Å². The van der Waals surface area contributed by atoms with Crippen LogP contribution >= 0.6 is 0 Å². The molecule has 78 valence electrons. The summed E-state index contributed by atoms with van der Waals surface area (Å²) in [4.78, 5) is 0. The lowest BCUT2D eigenvalue weighted by Gasteiger charge is -2.12. The molecule has 0 bridgehead atoms. The number of aromatic hydroxyl groups is 1. The summed E-state index contributed by atoms with van der Waals surface area (Å²) in [7, 11) is 0. The molecule has 0 unspecified atom stereocenters. The fraction of sp³-hybridized carbons (Fsp3) is 0.455. The summed E-state index contributed by atoms with van der Waals surface area (Å²) in [6.45, 7) is 2.86. The van der Waals surface area contributed by atoms with Crippen molar-refractivity contribution in [3.63, 3.8) is 0 Å². The van der Waals surface area contributed by atoms with Crippen LogP contribution in [0.15, 0.2) is 24.3 Å². The molecular formula is C11H17NO2.